The molecule has 0 aliphatic carbocycles. The number of hydrogen-bond acceptors (Lipinski definition) is 6. The molecule has 1 unspecified atom stereocenters. The van der Waals surface area contributed by atoms with Crippen LogP contribution in [0.25, 0.3) is 0 Å². The summed E-state index contributed by atoms with van der Waals surface area (Å²) in [5.41, 5.74) is 10.3. The summed E-state index contributed by atoms with van der Waals surface area (Å²) in [5, 5.41) is 0. The van der Waals surface area contributed by atoms with Crippen LogP contribution in [0.15, 0.2) is 0 Å². The summed E-state index contributed by atoms with van der Waals surface area (Å²) >= 11 is 3.54. The number of nitrogens with zero attached hydrogens (tertiary/aromatic N) is 1. The van der Waals surface area contributed by atoms with Crippen molar-refractivity contribution in [2.75, 3.05) is 6.54 Å². The van der Waals surface area contributed by atoms with Crippen LogP contribution in [0.2, 0.25) is 0 Å². The van der Waals surface area contributed by atoms with Crippen molar-refractivity contribution in [2.45, 2.75) is 13.0 Å². The smallest absolute Gasteiger partial charge is 0.328 e. The van der Waals surface area contributed by atoms with Gasteiger partial charge in [-0.25, -0.2) is 4.79 Å². The molecule has 0 aromatic carbocycles. The first kappa shape index (κ1) is 11.2. The molecule has 1 atom stereocenters. The highest BCUT2D eigenvalue weighted by molar-refractivity contribution is 7.78. The van der Waals surface area contributed by atoms with E-state index in [1.807, 2.05) is 0 Å². The molecule has 0 aliphatic rings. The Labute approximate surface area is 75.3 Å². The third-order valence-electron chi connectivity index (χ3n) is 1.00. The van der Waals surface area contributed by atoms with Crippen molar-refractivity contribution >= 4 is 24.7 Å². The minimum absolute atomic E-state index is 0.0433. The normalized spacial score (nSPS) is 12.0. The van der Waals surface area contributed by atoms with Crippen LogP contribution in [0, 0.1) is 0 Å². The topological polar surface area (TPSA) is 98.6 Å². The summed E-state index contributed by atoms with van der Waals surface area (Å²) < 4.78 is 0.498. The van der Waals surface area contributed by atoms with Gasteiger partial charge in [-0.05, 0) is 12.8 Å². The molecule has 70 valence electrons. The molecule has 0 radical (unpaired) electrons. The molecule has 0 bridgehead atoms. The molecule has 12 heavy (non-hydrogen) atoms. The van der Waals surface area contributed by atoms with Crippen LogP contribution < -0.4 is 11.5 Å². The predicted octanol–water partition coefficient (Wildman–Crippen LogP) is -1.58. The minimum Gasteiger partial charge on any atom is -0.328 e. The summed E-state index contributed by atoms with van der Waals surface area (Å²) in [5.74, 6) is -1.31. The molecular formula is C5H11N3O3S. The van der Waals surface area contributed by atoms with Gasteiger partial charge in [0.2, 0.25) is 0 Å². The lowest BCUT2D eigenvalue weighted by Crippen LogP contribution is -2.41. The molecule has 0 heterocycles. The highest BCUT2D eigenvalue weighted by Gasteiger charge is 2.17. The van der Waals surface area contributed by atoms with E-state index in [1.165, 1.54) is 6.92 Å². The molecule has 0 aromatic heterocycles. The van der Waals surface area contributed by atoms with Crippen LogP contribution >= 0.6 is 12.8 Å². The average molecular weight is 193 g/mol. The van der Waals surface area contributed by atoms with Gasteiger partial charge >= 0.3 is 5.97 Å². The van der Waals surface area contributed by atoms with Gasteiger partial charge in [0.1, 0.15) is 6.04 Å². The van der Waals surface area contributed by atoms with Crippen molar-refractivity contribution in [3.8, 4) is 0 Å². The standard InChI is InChI=1S/C5H11N3O3S/c1-3(9)8(12)11-5(10)4(7)2-6/h4,12H,2,6-7H2,1H3. The van der Waals surface area contributed by atoms with Crippen LogP contribution in [-0.2, 0) is 14.4 Å². The van der Waals surface area contributed by atoms with Gasteiger partial charge in [0.25, 0.3) is 5.91 Å². The Morgan fingerprint density at radius 1 is 1.67 bits per heavy atom. The van der Waals surface area contributed by atoms with Crippen LogP contribution in [0.4, 0.5) is 0 Å². The summed E-state index contributed by atoms with van der Waals surface area (Å²) in [6.07, 6.45) is 0. The van der Waals surface area contributed by atoms with Gasteiger partial charge < -0.3 is 16.3 Å². The van der Waals surface area contributed by atoms with Gasteiger partial charge in [0.15, 0.2) is 0 Å². The highest BCUT2D eigenvalue weighted by Crippen LogP contribution is 1.97. The minimum atomic E-state index is -0.931. The maximum absolute atomic E-state index is 10.8. The fourth-order valence-electron chi connectivity index (χ4n) is 0.313. The number of hydrogen-bond donors (Lipinski definition) is 3. The third-order valence-corrected chi connectivity index (χ3v) is 1.37. The lowest BCUT2D eigenvalue weighted by Gasteiger charge is -2.14. The molecule has 0 aliphatic heterocycles. The Hall–Kier alpha value is -0.790. The van der Waals surface area contributed by atoms with Gasteiger partial charge in [-0.3, -0.25) is 4.79 Å². The average Bonchev–Trinajstić information content (AvgIpc) is 2.02. The van der Waals surface area contributed by atoms with Crippen LogP contribution in [0.5, 0.6) is 0 Å². The molecule has 6 nitrogen and oxygen atoms in total. The van der Waals surface area contributed by atoms with Crippen LogP contribution in [-0.4, -0.2) is 28.9 Å². The Morgan fingerprint density at radius 2 is 2.17 bits per heavy atom. The van der Waals surface area contributed by atoms with E-state index >= 15 is 0 Å². The number of carbonyl (C=O) groups excluding carboxylic acids is 2. The number of carbonyl (C=O) groups is 2. The quantitative estimate of drug-likeness (QED) is 0.363. The second kappa shape index (κ2) is 4.96. The zero-order valence-electron chi connectivity index (χ0n) is 6.56. The van der Waals surface area contributed by atoms with Crippen molar-refractivity contribution in [3.63, 3.8) is 0 Å². The second-order valence-corrected chi connectivity index (χ2v) is 2.41. The van der Waals surface area contributed by atoms with Crippen molar-refractivity contribution in [3.05, 3.63) is 0 Å². The first-order chi connectivity index (χ1) is 5.49. The van der Waals surface area contributed by atoms with Crippen LogP contribution in [0.1, 0.15) is 6.92 Å². The highest BCUT2D eigenvalue weighted by atomic mass is 32.1. The molecule has 0 spiro atoms. The molecule has 7 heteroatoms. The number of rotatable bonds is 2. The number of nitrogens with two attached hydrogens (primary N) is 2. The van der Waals surface area contributed by atoms with Crippen molar-refractivity contribution in [1.29, 1.82) is 0 Å². The molecule has 0 rings (SSSR count). The molecular weight excluding hydrogens is 182 g/mol. The number of thiol groups is 1. The van der Waals surface area contributed by atoms with Crippen molar-refractivity contribution < 1.29 is 14.4 Å². The zero-order valence-corrected chi connectivity index (χ0v) is 7.45. The van der Waals surface area contributed by atoms with E-state index in [0.717, 1.165) is 0 Å². The van der Waals surface area contributed by atoms with E-state index in [4.69, 9.17) is 11.5 Å². The number of hydroxylamine groups is 1. The molecule has 0 fully saturated rings. The van der Waals surface area contributed by atoms with Gasteiger partial charge in [-0.2, -0.15) is 0 Å². The van der Waals surface area contributed by atoms with Crippen LogP contribution in [0.3, 0.4) is 0 Å². The summed E-state index contributed by atoms with van der Waals surface area (Å²) in [6.45, 7) is 1.15. The summed E-state index contributed by atoms with van der Waals surface area (Å²) in [4.78, 5) is 25.7. The fourth-order valence-corrected chi connectivity index (χ4v) is 0.394. The lowest BCUT2D eigenvalue weighted by molar-refractivity contribution is -0.176. The molecule has 0 saturated heterocycles. The van der Waals surface area contributed by atoms with Gasteiger partial charge in [0, 0.05) is 13.5 Å². The monoisotopic (exact) mass is 193 g/mol. The Morgan fingerprint density at radius 3 is 2.50 bits per heavy atom. The van der Waals surface area contributed by atoms with E-state index in [1.54, 1.807) is 0 Å². The predicted molar refractivity (Wildman–Crippen MR) is 44.6 cm³/mol. The summed E-state index contributed by atoms with van der Waals surface area (Å²) in [7, 11) is 0. The largest absolute Gasteiger partial charge is 0.351 e. The fraction of sp³-hybridized carbons (Fsp3) is 0.600. The Balaban J connectivity index is 3.92. The molecule has 0 aromatic rings. The van der Waals surface area contributed by atoms with E-state index in [0.29, 0.717) is 4.47 Å². The third kappa shape index (κ3) is 3.56. The molecule has 4 N–H and O–H groups in total. The van der Waals surface area contributed by atoms with Crippen molar-refractivity contribution in [2.24, 2.45) is 11.5 Å². The zero-order chi connectivity index (χ0) is 9.72. The van der Waals surface area contributed by atoms with E-state index in [9.17, 15) is 9.59 Å². The maximum Gasteiger partial charge on any atom is 0.351 e. The van der Waals surface area contributed by atoms with Gasteiger partial charge in [0.05, 0.1) is 0 Å². The van der Waals surface area contributed by atoms with Gasteiger partial charge in [-0.15, -0.1) is 4.47 Å². The first-order valence-corrected chi connectivity index (χ1v) is 3.56. The van der Waals surface area contributed by atoms with Gasteiger partial charge in [-0.1, -0.05) is 0 Å². The number of amides is 1. The second-order valence-electron chi connectivity index (χ2n) is 2.04. The Kier molecular flexibility index (Phi) is 4.64. The lowest BCUT2D eigenvalue weighted by atomic mass is 10.3. The maximum atomic E-state index is 10.8. The van der Waals surface area contributed by atoms with Crippen molar-refractivity contribution in [1.82, 2.24) is 4.47 Å². The molecule has 0 saturated carbocycles. The van der Waals surface area contributed by atoms with E-state index in [-0.39, 0.29) is 6.54 Å². The summed E-state index contributed by atoms with van der Waals surface area (Å²) in [6, 6.07) is -0.931. The van der Waals surface area contributed by atoms with E-state index < -0.39 is 17.9 Å². The SMILES string of the molecule is CC(=O)N(S)OC(=O)C(N)CN. The van der Waals surface area contributed by atoms with E-state index in [2.05, 4.69) is 17.7 Å². The first-order valence-electron chi connectivity index (χ1n) is 3.16. The Bertz CT molecular complexity index is 187. The molecule has 1 amide bonds.